The summed E-state index contributed by atoms with van der Waals surface area (Å²) in [6.45, 7) is 3.14. The van der Waals surface area contributed by atoms with Crippen molar-refractivity contribution in [2.75, 3.05) is 6.54 Å². The van der Waals surface area contributed by atoms with Gasteiger partial charge in [0, 0.05) is 12.6 Å². The Hall–Kier alpha value is -0.800. The molecule has 3 nitrogen and oxygen atoms in total. The van der Waals surface area contributed by atoms with Gasteiger partial charge in [0.1, 0.15) is 11.9 Å². The number of hydrogen-bond donors (Lipinski definition) is 1. The van der Waals surface area contributed by atoms with Gasteiger partial charge in [-0.15, -0.1) is 0 Å². The van der Waals surface area contributed by atoms with Gasteiger partial charge in [0.15, 0.2) is 0 Å². The van der Waals surface area contributed by atoms with E-state index in [-0.39, 0.29) is 6.10 Å². The molecule has 1 aliphatic heterocycles. The molecule has 2 fully saturated rings. The van der Waals surface area contributed by atoms with Crippen LogP contribution < -0.4 is 5.32 Å². The maximum absolute atomic E-state index is 6.11. The zero-order valence-corrected chi connectivity index (χ0v) is 8.98. The van der Waals surface area contributed by atoms with Crippen LogP contribution in [0.1, 0.15) is 31.6 Å². The molecule has 15 heavy (non-hydrogen) atoms. The number of ether oxygens (including phenoxy) is 1. The highest BCUT2D eigenvalue weighted by atomic mass is 16.5. The van der Waals surface area contributed by atoms with E-state index in [0.29, 0.717) is 12.1 Å². The second-order valence-corrected chi connectivity index (χ2v) is 4.64. The topological polar surface area (TPSA) is 34.4 Å². The molecule has 0 bridgehead atoms. The third-order valence-electron chi connectivity index (χ3n) is 3.39. The lowest BCUT2D eigenvalue weighted by Gasteiger charge is -2.34. The Morgan fingerprint density at radius 1 is 1.40 bits per heavy atom. The van der Waals surface area contributed by atoms with Crippen molar-refractivity contribution in [3.63, 3.8) is 0 Å². The maximum atomic E-state index is 6.11. The highest BCUT2D eigenvalue weighted by molar-refractivity contribution is 5.07. The fraction of sp³-hybridized carbons (Fsp3) is 0.667. The lowest BCUT2D eigenvalue weighted by atomic mass is 10.1. The molecule has 0 radical (unpaired) electrons. The molecular formula is C12H17NO2. The first-order valence-electron chi connectivity index (χ1n) is 5.77. The van der Waals surface area contributed by atoms with Gasteiger partial charge in [-0.25, -0.2) is 0 Å². The average molecular weight is 207 g/mol. The van der Waals surface area contributed by atoms with Gasteiger partial charge >= 0.3 is 0 Å². The van der Waals surface area contributed by atoms with Gasteiger partial charge in [-0.05, 0) is 37.8 Å². The first-order chi connectivity index (χ1) is 7.34. The Bertz CT molecular complexity index is 318. The fourth-order valence-electron chi connectivity index (χ4n) is 2.28. The van der Waals surface area contributed by atoms with Gasteiger partial charge in [0.2, 0.25) is 0 Å². The smallest absolute Gasteiger partial charge is 0.134 e. The van der Waals surface area contributed by atoms with Gasteiger partial charge in [-0.2, -0.15) is 0 Å². The summed E-state index contributed by atoms with van der Waals surface area (Å²) in [4.78, 5) is 0. The molecule has 1 N–H and O–H groups in total. The van der Waals surface area contributed by atoms with Crippen LogP contribution in [0, 0.1) is 5.92 Å². The molecule has 82 valence electrons. The van der Waals surface area contributed by atoms with E-state index in [0.717, 1.165) is 18.2 Å². The van der Waals surface area contributed by atoms with E-state index >= 15 is 0 Å². The van der Waals surface area contributed by atoms with E-state index in [4.69, 9.17) is 9.15 Å². The minimum atomic E-state index is 0.0827. The van der Waals surface area contributed by atoms with Crippen LogP contribution in [-0.2, 0) is 4.74 Å². The van der Waals surface area contributed by atoms with Crippen molar-refractivity contribution >= 4 is 0 Å². The average Bonchev–Trinajstić information content (AvgIpc) is 2.95. The summed E-state index contributed by atoms with van der Waals surface area (Å²) in [6, 6.07) is 4.26. The van der Waals surface area contributed by atoms with Crippen LogP contribution in [0.25, 0.3) is 0 Å². The first-order valence-corrected chi connectivity index (χ1v) is 5.77. The Labute approximate surface area is 89.8 Å². The zero-order chi connectivity index (χ0) is 10.3. The summed E-state index contributed by atoms with van der Waals surface area (Å²) in [5.74, 6) is 1.72. The molecule has 2 aliphatic rings. The molecule has 3 rings (SSSR count). The quantitative estimate of drug-likeness (QED) is 0.806. The van der Waals surface area contributed by atoms with E-state index in [1.807, 2.05) is 12.1 Å². The second-order valence-electron chi connectivity index (χ2n) is 4.64. The van der Waals surface area contributed by atoms with Crippen LogP contribution in [0.4, 0.5) is 0 Å². The Morgan fingerprint density at radius 3 is 2.93 bits per heavy atom. The fourth-order valence-corrected chi connectivity index (χ4v) is 2.28. The number of hydrogen-bond acceptors (Lipinski definition) is 3. The first kappa shape index (κ1) is 9.43. The van der Waals surface area contributed by atoms with Crippen molar-refractivity contribution in [2.24, 2.45) is 5.92 Å². The summed E-state index contributed by atoms with van der Waals surface area (Å²) in [5, 5.41) is 3.51. The molecular weight excluding hydrogens is 190 g/mol. The Balaban J connectivity index is 1.74. The van der Waals surface area contributed by atoms with E-state index < -0.39 is 0 Å². The number of nitrogens with one attached hydrogen (secondary N) is 1. The Kier molecular flexibility index (Phi) is 2.29. The molecule has 0 amide bonds. The zero-order valence-electron chi connectivity index (χ0n) is 8.98. The molecule has 3 unspecified atom stereocenters. The molecule has 0 aromatic carbocycles. The molecule has 1 aromatic heterocycles. The minimum absolute atomic E-state index is 0.0827. The van der Waals surface area contributed by atoms with Crippen molar-refractivity contribution < 1.29 is 9.15 Å². The monoisotopic (exact) mass is 207 g/mol. The lowest BCUT2D eigenvalue weighted by molar-refractivity contribution is -0.0796. The predicted molar refractivity (Wildman–Crippen MR) is 56.5 cm³/mol. The second kappa shape index (κ2) is 3.65. The summed E-state index contributed by atoms with van der Waals surface area (Å²) in [5.41, 5.74) is 0. The van der Waals surface area contributed by atoms with E-state index in [1.54, 1.807) is 6.26 Å². The lowest BCUT2D eigenvalue weighted by Crippen LogP contribution is -2.47. The highest BCUT2D eigenvalue weighted by Crippen LogP contribution is 2.39. The third-order valence-corrected chi connectivity index (χ3v) is 3.39. The van der Waals surface area contributed by atoms with Gasteiger partial charge in [-0.3, -0.25) is 0 Å². The van der Waals surface area contributed by atoms with Crippen molar-refractivity contribution in [3.05, 3.63) is 24.2 Å². The molecule has 3 atom stereocenters. The van der Waals surface area contributed by atoms with Crippen LogP contribution >= 0.6 is 0 Å². The summed E-state index contributed by atoms with van der Waals surface area (Å²) in [7, 11) is 0. The normalized spacial score (nSPS) is 36.7. The number of morpholine rings is 1. The van der Waals surface area contributed by atoms with Crippen molar-refractivity contribution in [3.8, 4) is 0 Å². The van der Waals surface area contributed by atoms with Crippen LogP contribution in [0.15, 0.2) is 22.8 Å². The number of rotatable bonds is 2. The Morgan fingerprint density at radius 2 is 2.27 bits per heavy atom. The van der Waals surface area contributed by atoms with Crippen LogP contribution in [0.2, 0.25) is 0 Å². The summed E-state index contributed by atoms with van der Waals surface area (Å²) < 4.78 is 11.5. The molecule has 1 saturated heterocycles. The van der Waals surface area contributed by atoms with Crippen molar-refractivity contribution in [1.82, 2.24) is 5.32 Å². The standard InChI is InChI=1S/C12H17NO2/c1-8-12(10-3-2-6-14-10)15-11(7-13-8)9-4-5-9/h2-3,6,8-9,11-13H,4-5,7H2,1H3. The molecule has 2 heterocycles. The van der Waals surface area contributed by atoms with Gasteiger partial charge in [-0.1, -0.05) is 0 Å². The van der Waals surface area contributed by atoms with E-state index in [2.05, 4.69) is 12.2 Å². The van der Waals surface area contributed by atoms with Gasteiger partial charge in [0.25, 0.3) is 0 Å². The van der Waals surface area contributed by atoms with Crippen LogP contribution in [0.5, 0.6) is 0 Å². The van der Waals surface area contributed by atoms with E-state index in [9.17, 15) is 0 Å². The van der Waals surface area contributed by atoms with Crippen molar-refractivity contribution in [1.29, 1.82) is 0 Å². The third kappa shape index (κ3) is 1.82. The maximum Gasteiger partial charge on any atom is 0.134 e. The molecule has 1 saturated carbocycles. The molecule has 0 spiro atoms. The molecule has 1 aromatic rings. The molecule has 3 heteroatoms. The van der Waals surface area contributed by atoms with Crippen molar-refractivity contribution in [2.45, 2.75) is 38.0 Å². The highest BCUT2D eigenvalue weighted by Gasteiger charge is 2.39. The van der Waals surface area contributed by atoms with Gasteiger partial charge < -0.3 is 14.5 Å². The summed E-state index contributed by atoms with van der Waals surface area (Å²) in [6.07, 6.45) is 4.83. The van der Waals surface area contributed by atoms with Crippen LogP contribution in [0.3, 0.4) is 0 Å². The summed E-state index contributed by atoms with van der Waals surface area (Å²) >= 11 is 0. The molecule has 1 aliphatic carbocycles. The van der Waals surface area contributed by atoms with Crippen LogP contribution in [-0.4, -0.2) is 18.7 Å². The SMILES string of the molecule is CC1NCC(C2CC2)OC1c1ccco1. The van der Waals surface area contributed by atoms with Gasteiger partial charge in [0.05, 0.1) is 12.4 Å². The minimum Gasteiger partial charge on any atom is -0.467 e. The van der Waals surface area contributed by atoms with E-state index in [1.165, 1.54) is 12.8 Å². The number of furan rings is 1. The largest absolute Gasteiger partial charge is 0.467 e. The predicted octanol–water partition coefficient (Wildman–Crippen LogP) is 2.11.